The highest BCUT2D eigenvalue weighted by Gasteiger charge is 2.08. The van der Waals surface area contributed by atoms with Crippen molar-refractivity contribution in [3.05, 3.63) is 95.6 Å². The number of carbonyl (C=O) groups excluding carboxylic acids is 1. The van der Waals surface area contributed by atoms with Crippen LogP contribution in [-0.4, -0.2) is 5.91 Å². The molecule has 120 valence electrons. The number of amides is 1. The Morgan fingerprint density at radius 3 is 2.25 bits per heavy atom. The molecule has 24 heavy (non-hydrogen) atoms. The van der Waals surface area contributed by atoms with Gasteiger partial charge in [-0.05, 0) is 48.4 Å². The van der Waals surface area contributed by atoms with Gasteiger partial charge in [-0.15, -0.1) is 11.8 Å². The van der Waals surface area contributed by atoms with Crippen molar-refractivity contribution in [2.45, 2.75) is 17.6 Å². The summed E-state index contributed by atoms with van der Waals surface area (Å²) >= 11 is 1.80. The third-order valence-electron chi connectivity index (χ3n) is 3.75. The minimum Gasteiger partial charge on any atom is -0.322 e. The summed E-state index contributed by atoms with van der Waals surface area (Å²) in [6, 6.07) is 26.0. The number of hydrogen-bond donors (Lipinski definition) is 1. The number of aryl methyl sites for hydroxylation is 1. The molecule has 1 amide bonds. The van der Waals surface area contributed by atoms with E-state index >= 15 is 0 Å². The molecule has 0 aliphatic carbocycles. The van der Waals surface area contributed by atoms with Gasteiger partial charge in [0.1, 0.15) is 0 Å². The van der Waals surface area contributed by atoms with Gasteiger partial charge in [0.2, 0.25) is 0 Å². The maximum atomic E-state index is 12.3. The highest BCUT2D eigenvalue weighted by Crippen LogP contribution is 2.23. The number of hydrogen-bond acceptors (Lipinski definition) is 2. The second-order valence-corrected chi connectivity index (χ2v) is 6.62. The first-order valence-corrected chi connectivity index (χ1v) is 8.85. The van der Waals surface area contributed by atoms with Gasteiger partial charge < -0.3 is 5.32 Å². The average Bonchev–Trinajstić information content (AvgIpc) is 2.62. The van der Waals surface area contributed by atoms with Crippen LogP contribution < -0.4 is 5.32 Å². The van der Waals surface area contributed by atoms with Crippen molar-refractivity contribution in [3.63, 3.8) is 0 Å². The first-order chi connectivity index (χ1) is 11.7. The average molecular weight is 333 g/mol. The molecule has 0 aliphatic heterocycles. The summed E-state index contributed by atoms with van der Waals surface area (Å²) < 4.78 is 0. The van der Waals surface area contributed by atoms with E-state index in [2.05, 4.69) is 29.6 Å². The van der Waals surface area contributed by atoms with Crippen LogP contribution >= 0.6 is 11.8 Å². The zero-order valence-electron chi connectivity index (χ0n) is 13.5. The molecule has 3 heteroatoms. The summed E-state index contributed by atoms with van der Waals surface area (Å²) in [6.07, 6.45) is 0. The van der Waals surface area contributed by atoms with Gasteiger partial charge in [-0.2, -0.15) is 0 Å². The van der Waals surface area contributed by atoms with Crippen molar-refractivity contribution in [1.29, 1.82) is 0 Å². The number of carbonyl (C=O) groups is 1. The predicted molar refractivity (Wildman–Crippen MR) is 102 cm³/mol. The third-order valence-corrected chi connectivity index (χ3v) is 4.83. The quantitative estimate of drug-likeness (QED) is 0.621. The van der Waals surface area contributed by atoms with Crippen LogP contribution in [0.3, 0.4) is 0 Å². The molecular weight excluding hydrogens is 314 g/mol. The Morgan fingerprint density at radius 1 is 0.875 bits per heavy atom. The minimum absolute atomic E-state index is 0.0699. The van der Waals surface area contributed by atoms with E-state index in [9.17, 15) is 4.79 Å². The molecule has 0 saturated heterocycles. The smallest absolute Gasteiger partial charge is 0.255 e. The highest BCUT2D eigenvalue weighted by molar-refractivity contribution is 7.98. The topological polar surface area (TPSA) is 29.1 Å². The molecule has 0 saturated carbocycles. The molecule has 0 spiro atoms. The van der Waals surface area contributed by atoms with Gasteiger partial charge in [-0.1, -0.05) is 48.5 Å². The number of benzene rings is 3. The normalized spacial score (nSPS) is 10.4. The van der Waals surface area contributed by atoms with Crippen LogP contribution in [0.2, 0.25) is 0 Å². The van der Waals surface area contributed by atoms with Gasteiger partial charge in [-0.25, -0.2) is 0 Å². The van der Waals surface area contributed by atoms with Crippen molar-refractivity contribution in [2.24, 2.45) is 0 Å². The molecule has 0 radical (unpaired) electrons. The van der Waals surface area contributed by atoms with E-state index < -0.39 is 0 Å². The third kappa shape index (κ3) is 4.27. The van der Waals surface area contributed by atoms with Crippen molar-refractivity contribution >= 4 is 23.4 Å². The Morgan fingerprint density at radius 2 is 1.54 bits per heavy atom. The Balaban J connectivity index is 1.60. The SMILES string of the molecule is Cc1ccccc1C(=O)Nc1ccc(CSc2ccccc2)cc1. The summed E-state index contributed by atoms with van der Waals surface area (Å²) in [5.74, 6) is 0.843. The van der Waals surface area contributed by atoms with E-state index in [4.69, 9.17) is 0 Å². The van der Waals surface area contributed by atoms with E-state index in [1.54, 1.807) is 11.8 Å². The molecule has 0 aromatic heterocycles. The largest absolute Gasteiger partial charge is 0.322 e. The molecule has 0 aliphatic rings. The predicted octanol–water partition coefficient (Wildman–Crippen LogP) is 5.54. The standard InChI is InChI=1S/C21H19NOS/c1-16-7-5-6-10-20(16)21(23)22-18-13-11-17(12-14-18)15-24-19-8-3-2-4-9-19/h2-14H,15H2,1H3,(H,22,23). The highest BCUT2D eigenvalue weighted by atomic mass is 32.2. The van der Waals surface area contributed by atoms with Gasteiger partial charge in [0.25, 0.3) is 5.91 Å². The van der Waals surface area contributed by atoms with Crippen LogP contribution in [0.4, 0.5) is 5.69 Å². The molecule has 3 rings (SSSR count). The molecule has 0 unspecified atom stereocenters. The van der Waals surface area contributed by atoms with E-state index in [1.807, 2.05) is 61.5 Å². The van der Waals surface area contributed by atoms with E-state index in [1.165, 1.54) is 10.5 Å². The Kier molecular flexibility index (Phi) is 5.34. The van der Waals surface area contributed by atoms with Gasteiger partial charge in [0, 0.05) is 21.9 Å². The zero-order valence-corrected chi connectivity index (χ0v) is 14.3. The molecule has 0 bridgehead atoms. The molecule has 1 N–H and O–H groups in total. The van der Waals surface area contributed by atoms with Crippen LogP contribution in [0.25, 0.3) is 0 Å². The summed E-state index contributed by atoms with van der Waals surface area (Å²) in [5, 5.41) is 2.95. The fourth-order valence-corrected chi connectivity index (χ4v) is 3.27. The lowest BCUT2D eigenvalue weighted by molar-refractivity contribution is 0.102. The minimum atomic E-state index is -0.0699. The van der Waals surface area contributed by atoms with Crippen LogP contribution in [0.1, 0.15) is 21.5 Å². The fourth-order valence-electron chi connectivity index (χ4n) is 2.39. The van der Waals surface area contributed by atoms with Crippen LogP contribution in [0, 0.1) is 6.92 Å². The molecule has 0 heterocycles. The monoisotopic (exact) mass is 333 g/mol. The van der Waals surface area contributed by atoms with Gasteiger partial charge in [0.15, 0.2) is 0 Å². The first-order valence-electron chi connectivity index (χ1n) is 7.86. The van der Waals surface area contributed by atoms with E-state index in [0.717, 1.165) is 17.0 Å². The van der Waals surface area contributed by atoms with Crippen LogP contribution in [-0.2, 0) is 5.75 Å². The molecule has 3 aromatic carbocycles. The molecule has 0 fully saturated rings. The van der Waals surface area contributed by atoms with Crippen molar-refractivity contribution in [3.8, 4) is 0 Å². The molecular formula is C21H19NOS. The Labute approximate surface area is 146 Å². The summed E-state index contributed by atoms with van der Waals surface area (Å²) in [7, 11) is 0. The molecule has 0 atom stereocenters. The van der Waals surface area contributed by atoms with Crippen LogP contribution in [0.15, 0.2) is 83.8 Å². The maximum Gasteiger partial charge on any atom is 0.255 e. The lowest BCUT2D eigenvalue weighted by Gasteiger charge is -2.08. The number of anilines is 1. The summed E-state index contributed by atoms with van der Waals surface area (Å²) in [4.78, 5) is 13.6. The summed E-state index contributed by atoms with van der Waals surface area (Å²) in [5.41, 5.74) is 3.74. The number of nitrogens with one attached hydrogen (secondary N) is 1. The second-order valence-electron chi connectivity index (χ2n) is 5.57. The number of rotatable bonds is 5. The van der Waals surface area contributed by atoms with Crippen molar-refractivity contribution in [2.75, 3.05) is 5.32 Å². The second kappa shape index (κ2) is 7.84. The zero-order chi connectivity index (χ0) is 16.8. The maximum absolute atomic E-state index is 12.3. The lowest BCUT2D eigenvalue weighted by Crippen LogP contribution is -2.13. The van der Waals surface area contributed by atoms with E-state index in [0.29, 0.717) is 5.56 Å². The summed E-state index contributed by atoms with van der Waals surface area (Å²) in [6.45, 7) is 1.94. The van der Waals surface area contributed by atoms with Gasteiger partial charge >= 0.3 is 0 Å². The molecule has 3 aromatic rings. The Bertz CT molecular complexity index is 813. The fraction of sp³-hybridized carbons (Fsp3) is 0.0952. The van der Waals surface area contributed by atoms with Gasteiger partial charge in [0.05, 0.1) is 0 Å². The van der Waals surface area contributed by atoms with Gasteiger partial charge in [-0.3, -0.25) is 4.79 Å². The van der Waals surface area contributed by atoms with Crippen molar-refractivity contribution < 1.29 is 4.79 Å². The van der Waals surface area contributed by atoms with Crippen LogP contribution in [0.5, 0.6) is 0 Å². The van der Waals surface area contributed by atoms with Crippen molar-refractivity contribution in [1.82, 2.24) is 0 Å². The van der Waals surface area contributed by atoms with E-state index in [-0.39, 0.29) is 5.91 Å². The lowest BCUT2D eigenvalue weighted by atomic mass is 10.1. The first kappa shape index (κ1) is 16.3. The molecule has 2 nitrogen and oxygen atoms in total. The Hall–Kier alpha value is -2.52. The number of thioether (sulfide) groups is 1.